The van der Waals surface area contributed by atoms with Gasteiger partial charge in [0.15, 0.2) is 11.0 Å². The first kappa shape index (κ1) is 18.3. The van der Waals surface area contributed by atoms with Gasteiger partial charge in [-0.15, -0.1) is 11.8 Å². The van der Waals surface area contributed by atoms with Crippen LogP contribution in [0.5, 0.6) is 0 Å². The third-order valence-corrected chi connectivity index (χ3v) is 5.87. The molecule has 0 atom stereocenters. The SMILES string of the molecule is Cc1c(-c2ccccc2)oc2c(SCCCCCBr)cccc2c1=O. The molecule has 0 aliphatic rings. The van der Waals surface area contributed by atoms with Crippen LogP contribution < -0.4 is 5.43 Å². The topological polar surface area (TPSA) is 30.2 Å². The molecule has 0 saturated carbocycles. The zero-order valence-electron chi connectivity index (χ0n) is 14.3. The number of halogens is 1. The molecule has 0 saturated heterocycles. The van der Waals surface area contributed by atoms with E-state index < -0.39 is 0 Å². The molecule has 0 radical (unpaired) electrons. The van der Waals surface area contributed by atoms with Crippen molar-refractivity contribution < 1.29 is 4.42 Å². The Hall–Kier alpha value is -1.52. The van der Waals surface area contributed by atoms with E-state index in [0.29, 0.717) is 22.3 Å². The molecule has 2 nitrogen and oxygen atoms in total. The van der Waals surface area contributed by atoms with Crippen molar-refractivity contribution in [3.63, 3.8) is 0 Å². The summed E-state index contributed by atoms with van der Waals surface area (Å²) in [7, 11) is 0. The fourth-order valence-corrected chi connectivity index (χ4v) is 4.24. The monoisotopic (exact) mass is 416 g/mol. The average molecular weight is 417 g/mol. The molecular weight excluding hydrogens is 396 g/mol. The number of fused-ring (bicyclic) bond motifs is 1. The molecule has 2 aromatic carbocycles. The molecule has 130 valence electrons. The van der Waals surface area contributed by atoms with Crippen molar-refractivity contribution in [2.75, 3.05) is 11.1 Å². The highest BCUT2D eigenvalue weighted by Gasteiger charge is 2.14. The van der Waals surface area contributed by atoms with Gasteiger partial charge in [-0.1, -0.05) is 58.7 Å². The molecule has 0 aliphatic carbocycles. The number of rotatable bonds is 7. The third kappa shape index (κ3) is 4.18. The minimum absolute atomic E-state index is 0.0573. The van der Waals surface area contributed by atoms with Gasteiger partial charge in [-0.25, -0.2) is 0 Å². The zero-order valence-corrected chi connectivity index (χ0v) is 16.7. The summed E-state index contributed by atoms with van der Waals surface area (Å²) in [6.45, 7) is 1.84. The summed E-state index contributed by atoms with van der Waals surface area (Å²) in [5.41, 5.74) is 2.37. The summed E-state index contributed by atoms with van der Waals surface area (Å²) >= 11 is 5.24. The number of para-hydroxylation sites is 1. The maximum absolute atomic E-state index is 12.8. The molecular formula is C21H21BrO2S. The molecule has 4 heteroatoms. The third-order valence-electron chi connectivity index (χ3n) is 4.18. The maximum atomic E-state index is 12.8. The van der Waals surface area contributed by atoms with Crippen molar-refractivity contribution in [3.8, 4) is 11.3 Å². The van der Waals surface area contributed by atoms with Gasteiger partial charge in [0.05, 0.1) is 10.3 Å². The van der Waals surface area contributed by atoms with Crippen LogP contribution in [0.25, 0.3) is 22.3 Å². The van der Waals surface area contributed by atoms with Crippen molar-refractivity contribution in [1.82, 2.24) is 0 Å². The Bertz CT molecular complexity index is 903. The quantitative estimate of drug-likeness (QED) is 0.252. The smallest absolute Gasteiger partial charge is 0.196 e. The van der Waals surface area contributed by atoms with Crippen molar-refractivity contribution in [2.24, 2.45) is 0 Å². The lowest BCUT2D eigenvalue weighted by Gasteiger charge is -2.10. The summed E-state index contributed by atoms with van der Waals surface area (Å²) in [4.78, 5) is 13.9. The van der Waals surface area contributed by atoms with Gasteiger partial charge in [-0.05, 0) is 37.7 Å². The van der Waals surface area contributed by atoms with E-state index in [0.717, 1.165) is 28.0 Å². The lowest BCUT2D eigenvalue weighted by molar-refractivity contribution is 0.606. The highest BCUT2D eigenvalue weighted by molar-refractivity contribution is 9.09. The van der Waals surface area contributed by atoms with Crippen LogP contribution in [0.1, 0.15) is 24.8 Å². The minimum Gasteiger partial charge on any atom is -0.454 e. The van der Waals surface area contributed by atoms with Crippen LogP contribution in [0.15, 0.2) is 62.6 Å². The highest BCUT2D eigenvalue weighted by Crippen LogP contribution is 2.32. The molecule has 0 aliphatic heterocycles. The average Bonchev–Trinajstić information content (AvgIpc) is 2.65. The molecule has 3 aromatic rings. The standard InChI is InChI=1S/C21H21BrO2S/c1-15-19(23)17-11-8-12-18(25-14-7-3-6-13-22)21(17)24-20(15)16-9-4-2-5-10-16/h2,4-5,8-12H,3,6-7,13-14H2,1H3. The summed E-state index contributed by atoms with van der Waals surface area (Å²) in [5, 5.41) is 1.73. The molecule has 1 aromatic heterocycles. The molecule has 25 heavy (non-hydrogen) atoms. The van der Waals surface area contributed by atoms with Crippen LogP contribution in [0.4, 0.5) is 0 Å². The first-order valence-electron chi connectivity index (χ1n) is 8.53. The van der Waals surface area contributed by atoms with Gasteiger partial charge in [0.1, 0.15) is 5.76 Å². The maximum Gasteiger partial charge on any atom is 0.196 e. The van der Waals surface area contributed by atoms with Crippen molar-refractivity contribution in [2.45, 2.75) is 31.1 Å². The van der Waals surface area contributed by atoms with E-state index in [-0.39, 0.29) is 5.43 Å². The van der Waals surface area contributed by atoms with Crippen LogP contribution in [0.2, 0.25) is 0 Å². The summed E-state index contributed by atoms with van der Waals surface area (Å²) < 4.78 is 6.24. The number of unbranched alkanes of at least 4 members (excludes halogenated alkanes) is 2. The Morgan fingerprint density at radius 1 is 1.00 bits per heavy atom. The van der Waals surface area contributed by atoms with Gasteiger partial charge in [-0.2, -0.15) is 0 Å². The van der Waals surface area contributed by atoms with Crippen LogP contribution >= 0.6 is 27.7 Å². The Morgan fingerprint density at radius 2 is 1.80 bits per heavy atom. The van der Waals surface area contributed by atoms with E-state index in [1.165, 1.54) is 12.8 Å². The number of benzene rings is 2. The largest absolute Gasteiger partial charge is 0.454 e. The molecule has 1 heterocycles. The van der Waals surface area contributed by atoms with Crippen LogP contribution in [-0.2, 0) is 0 Å². The van der Waals surface area contributed by atoms with Gasteiger partial charge >= 0.3 is 0 Å². The van der Waals surface area contributed by atoms with E-state index in [4.69, 9.17) is 4.42 Å². The highest BCUT2D eigenvalue weighted by atomic mass is 79.9. The Balaban J connectivity index is 1.99. The Morgan fingerprint density at radius 3 is 2.56 bits per heavy atom. The second kappa shape index (κ2) is 8.72. The van der Waals surface area contributed by atoms with Gasteiger partial charge in [-0.3, -0.25) is 4.79 Å². The van der Waals surface area contributed by atoms with Crippen molar-refractivity contribution in [3.05, 3.63) is 64.3 Å². The predicted molar refractivity (Wildman–Crippen MR) is 111 cm³/mol. The summed E-state index contributed by atoms with van der Waals surface area (Å²) in [6.07, 6.45) is 3.57. The number of thioether (sulfide) groups is 1. The van der Waals surface area contributed by atoms with Crippen molar-refractivity contribution >= 4 is 38.7 Å². The first-order chi connectivity index (χ1) is 12.2. The first-order valence-corrected chi connectivity index (χ1v) is 10.6. The molecule has 3 rings (SSSR count). The second-order valence-corrected chi connectivity index (χ2v) is 7.91. The molecule has 0 bridgehead atoms. The Labute approximate surface area is 160 Å². The summed E-state index contributed by atoms with van der Waals surface area (Å²) in [6, 6.07) is 15.7. The van der Waals surface area contributed by atoms with Crippen LogP contribution in [-0.4, -0.2) is 11.1 Å². The zero-order chi connectivity index (χ0) is 17.6. The molecule has 0 amide bonds. The van der Waals surface area contributed by atoms with E-state index in [9.17, 15) is 4.79 Å². The van der Waals surface area contributed by atoms with Crippen molar-refractivity contribution in [1.29, 1.82) is 0 Å². The fourth-order valence-electron chi connectivity index (χ4n) is 2.82. The van der Waals surface area contributed by atoms with Gasteiger partial charge in [0, 0.05) is 16.5 Å². The molecule has 0 N–H and O–H groups in total. The summed E-state index contributed by atoms with van der Waals surface area (Å²) in [5.74, 6) is 1.70. The lowest BCUT2D eigenvalue weighted by atomic mass is 10.1. The predicted octanol–water partition coefficient (Wildman–Crippen LogP) is 6.43. The normalized spacial score (nSPS) is 11.1. The molecule has 0 unspecified atom stereocenters. The van der Waals surface area contributed by atoms with Gasteiger partial charge in [0.25, 0.3) is 0 Å². The lowest BCUT2D eigenvalue weighted by Crippen LogP contribution is -2.07. The Kier molecular flexibility index (Phi) is 6.38. The van der Waals surface area contributed by atoms with E-state index in [2.05, 4.69) is 15.9 Å². The van der Waals surface area contributed by atoms with Crippen LogP contribution in [0.3, 0.4) is 0 Å². The van der Waals surface area contributed by atoms with Crippen LogP contribution in [0, 0.1) is 6.92 Å². The molecule has 0 fully saturated rings. The van der Waals surface area contributed by atoms with E-state index in [1.807, 2.05) is 55.5 Å². The second-order valence-electron chi connectivity index (χ2n) is 5.98. The van der Waals surface area contributed by atoms with Gasteiger partial charge < -0.3 is 4.42 Å². The number of hydrogen-bond acceptors (Lipinski definition) is 3. The minimum atomic E-state index is 0.0573. The molecule has 0 spiro atoms. The fraction of sp³-hybridized carbons (Fsp3) is 0.286. The van der Waals surface area contributed by atoms with Gasteiger partial charge in [0.2, 0.25) is 0 Å². The number of alkyl halides is 1. The van der Waals surface area contributed by atoms with E-state index in [1.54, 1.807) is 11.8 Å². The van der Waals surface area contributed by atoms with E-state index >= 15 is 0 Å². The number of hydrogen-bond donors (Lipinski definition) is 0.